The first-order valence-electron chi connectivity index (χ1n) is 10.0. The van der Waals surface area contributed by atoms with Crippen molar-refractivity contribution in [1.82, 2.24) is 14.5 Å². The molecule has 29 heavy (non-hydrogen) atoms. The van der Waals surface area contributed by atoms with Gasteiger partial charge in [-0.05, 0) is 37.5 Å². The molecule has 154 valence electrons. The number of nitrogens with zero attached hydrogens (tertiary/aromatic N) is 3. The first-order chi connectivity index (χ1) is 14.0. The topological polar surface area (TPSA) is 105 Å². The van der Waals surface area contributed by atoms with E-state index >= 15 is 0 Å². The first kappa shape index (κ1) is 19.6. The summed E-state index contributed by atoms with van der Waals surface area (Å²) < 4.78 is 29.5. The number of carbonyl (C=O) groups excluding carboxylic acids is 1. The Morgan fingerprint density at radius 3 is 2.72 bits per heavy atom. The van der Waals surface area contributed by atoms with Crippen LogP contribution in [0, 0.1) is 0 Å². The number of rotatable bonds is 5. The van der Waals surface area contributed by atoms with Crippen molar-refractivity contribution in [3.63, 3.8) is 0 Å². The van der Waals surface area contributed by atoms with Crippen LogP contribution in [0.5, 0.6) is 0 Å². The molecule has 1 aromatic carbocycles. The molecule has 1 aromatic heterocycles. The number of amides is 1. The van der Waals surface area contributed by atoms with Crippen molar-refractivity contribution in [3.8, 4) is 0 Å². The zero-order chi connectivity index (χ0) is 20.3. The van der Waals surface area contributed by atoms with Gasteiger partial charge in [0.2, 0.25) is 0 Å². The van der Waals surface area contributed by atoms with Gasteiger partial charge in [0.25, 0.3) is 15.9 Å². The number of sulfonamides is 1. The molecule has 0 unspecified atom stereocenters. The molecule has 1 aliphatic heterocycles. The third-order valence-electron chi connectivity index (χ3n) is 5.34. The third-order valence-corrected chi connectivity index (χ3v) is 6.72. The Bertz CT molecular complexity index is 1020. The zero-order valence-corrected chi connectivity index (χ0v) is 17.0. The van der Waals surface area contributed by atoms with Crippen molar-refractivity contribution in [2.24, 2.45) is 4.99 Å². The van der Waals surface area contributed by atoms with E-state index in [-0.39, 0.29) is 10.8 Å². The predicted octanol–water partition coefficient (Wildman–Crippen LogP) is 3.11. The minimum Gasteiger partial charge on any atom is -0.322 e. The van der Waals surface area contributed by atoms with Crippen molar-refractivity contribution in [3.05, 3.63) is 42.2 Å². The normalized spacial score (nSPS) is 17.7. The number of nitrogens with one attached hydrogen (secondary N) is 2. The van der Waals surface area contributed by atoms with Crippen molar-refractivity contribution >= 4 is 27.5 Å². The van der Waals surface area contributed by atoms with Crippen LogP contribution < -0.4 is 10.0 Å². The van der Waals surface area contributed by atoms with Crippen molar-refractivity contribution in [2.75, 3.05) is 11.9 Å². The molecule has 0 atom stereocenters. The molecule has 4 rings (SSSR count). The fourth-order valence-corrected chi connectivity index (χ4v) is 4.92. The highest BCUT2D eigenvalue weighted by Crippen LogP contribution is 2.27. The van der Waals surface area contributed by atoms with Crippen LogP contribution in [0.1, 0.15) is 61.3 Å². The van der Waals surface area contributed by atoms with E-state index in [1.54, 1.807) is 24.5 Å². The van der Waals surface area contributed by atoms with E-state index < -0.39 is 10.0 Å². The maximum Gasteiger partial charge on any atom is 0.262 e. The Morgan fingerprint density at radius 1 is 1.14 bits per heavy atom. The maximum atomic E-state index is 12.6. The molecule has 2 N–H and O–H groups in total. The minimum absolute atomic E-state index is 0.0859. The minimum atomic E-state index is -3.73. The lowest BCUT2D eigenvalue weighted by molar-refractivity contribution is 0.102. The number of amidine groups is 1. The molecule has 0 radical (unpaired) electrons. The van der Waals surface area contributed by atoms with Gasteiger partial charge in [-0.3, -0.25) is 19.2 Å². The summed E-state index contributed by atoms with van der Waals surface area (Å²) >= 11 is 0. The van der Waals surface area contributed by atoms with Crippen molar-refractivity contribution in [1.29, 1.82) is 0 Å². The number of aromatic nitrogens is 2. The molecule has 8 nitrogen and oxygen atoms in total. The quantitative estimate of drug-likeness (QED) is 0.783. The summed E-state index contributed by atoms with van der Waals surface area (Å²) in [5, 5.41) is 7.12. The molecule has 0 bridgehead atoms. The molecule has 2 heterocycles. The van der Waals surface area contributed by atoms with Gasteiger partial charge in [0.15, 0.2) is 0 Å². The SMILES string of the molecule is O=C(Nc1cccc(S(=O)(=O)NC2=NCCC2)c1)c1cnn(C2CCCCC2)c1. The van der Waals surface area contributed by atoms with E-state index in [0.717, 1.165) is 19.3 Å². The van der Waals surface area contributed by atoms with E-state index in [4.69, 9.17) is 0 Å². The summed E-state index contributed by atoms with van der Waals surface area (Å²) in [6.45, 7) is 0.641. The smallest absolute Gasteiger partial charge is 0.262 e. The molecule has 0 saturated heterocycles. The van der Waals surface area contributed by atoms with Crippen LogP contribution in [0.4, 0.5) is 5.69 Å². The summed E-state index contributed by atoms with van der Waals surface area (Å²) in [4.78, 5) is 16.8. The predicted molar refractivity (Wildman–Crippen MR) is 111 cm³/mol. The van der Waals surface area contributed by atoms with E-state index in [1.165, 1.54) is 31.4 Å². The standard InChI is InChI=1S/C20H25N5O3S/c26-20(15-13-22-25(14-15)17-7-2-1-3-8-17)23-16-6-4-9-18(12-16)29(27,28)24-19-10-5-11-21-19/h4,6,9,12-14,17H,1-3,5,7-8,10-11H2,(H,21,24)(H,23,26). The molecule has 0 spiro atoms. The van der Waals surface area contributed by atoms with Crippen LogP contribution in [-0.2, 0) is 10.0 Å². The molecule has 1 fully saturated rings. The average molecular weight is 416 g/mol. The highest BCUT2D eigenvalue weighted by molar-refractivity contribution is 7.90. The number of carbonyl (C=O) groups is 1. The summed E-state index contributed by atoms with van der Waals surface area (Å²) in [6.07, 6.45) is 10.6. The van der Waals surface area contributed by atoms with Gasteiger partial charge in [0.05, 0.1) is 22.7 Å². The van der Waals surface area contributed by atoms with Crippen molar-refractivity contribution < 1.29 is 13.2 Å². The second-order valence-electron chi connectivity index (χ2n) is 7.52. The van der Waals surface area contributed by atoms with Gasteiger partial charge in [-0.25, -0.2) is 8.42 Å². The van der Waals surface area contributed by atoms with Crippen LogP contribution in [-0.4, -0.2) is 36.5 Å². The number of benzene rings is 1. The van der Waals surface area contributed by atoms with Gasteiger partial charge < -0.3 is 5.32 Å². The number of anilines is 1. The Kier molecular flexibility index (Phi) is 5.66. The maximum absolute atomic E-state index is 12.6. The van der Waals surface area contributed by atoms with Crippen LogP contribution in [0.25, 0.3) is 0 Å². The second-order valence-corrected chi connectivity index (χ2v) is 9.20. The molecular weight excluding hydrogens is 390 g/mol. The molecule has 1 saturated carbocycles. The molecular formula is C20H25N5O3S. The summed E-state index contributed by atoms with van der Waals surface area (Å²) in [6, 6.07) is 6.56. The van der Waals surface area contributed by atoms with E-state index in [0.29, 0.717) is 36.1 Å². The largest absolute Gasteiger partial charge is 0.322 e. The highest BCUT2D eigenvalue weighted by Gasteiger charge is 2.20. The van der Waals surface area contributed by atoms with E-state index in [9.17, 15) is 13.2 Å². The fourth-order valence-electron chi connectivity index (χ4n) is 3.78. The molecule has 2 aromatic rings. The third kappa shape index (κ3) is 4.67. The summed E-state index contributed by atoms with van der Waals surface area (Å²) in [5.41, 5.74) is 0.874. The van der Waals surface area contributed by atoms with Crippen LogP contribution in [0.3, 0.4) is 0 Å². The lowest BCUT2D eigenvalue weighted by Gasteiger charge is -2.21. The summed E-state index contributed by atoms with van der Waals surface area (Å²) in [7, 11) is -3.73. The van der Waals surface area contributed by atoms with E-state index in [2.05, 4.69) is 20.1 Å². The molecule has 9 heteroatoms. The van der Waals surface area contributed by atoms with Gasteiger partial charge in [-0.2, -0.15) is 5.10 Å². The number of hydrogen-bond donors (Lipinski definition) is 2. The second kappa shape index (κ2) is 8.36. The Morgan fingerprint density at radius 2 is 1.97 bits per heavy atom. The molecule has 1 aliphatic carbocycles. The highest BCUT2D eigenvalue weighted by atomic mass is 32.2. The molecule has 1 amide bonds. The Labute approximate surface area is 170 Å². The zero-order valence-electron chi connectivity index (χ0n) is 16.2. The van der Waals surface area contributed by atoms with Gasteiger partial charge in [-0.15, -0.1) is 0 Å². The Hall–Kier alpha value is -2.68. The van der Waals surface area contributed by atoms with Crippen LogP contribution >= 0.6 is 0 Å². The van der Waals surface area contributed by atoms with Gasteiger partial charge >= 0.3 is 0 Å². The van der Waals surface area contributed by atoms with Crippen LogP contribution in [0.15, 0.2) is 46.5 Å². The first-order valence-corrected chi connectivity index (χ1v) is 11.5. The van der Waals surface area contributed by atoms with E-state index in [1.807, 2.05) is 4.68 Å². The lowest BCUT2D eigenvalue weighted by atomic mass is 9.96. The van der Waals surface area contributed by atoms with Gasteiger partial charge in [0.1, 0.15) is 5.84 Å². The van der Waals surface area contributed by atoms with Gasteiger partial charge in [-0.1, -0.05) is 25.3 Å². The number of aliphatic imine (C=N–C) groups is 1. The Balaban J connectivity index is 1.45. The number of hydrogen-bond acceptors (Lipinski definition) is 5. The monoisotopic (exact) mass is 415 g/mol. The van der Waals surface area contributed by atoms with Gasteiger partial charge in [0, 0.05) is 24.8 Å². The fraction of sp³-hybridized carbons (Fsp3) is 0.450. The molecule has 2 aliphatic rings. The average Bonchev–Trinajstić information content (AvgIpc) is 3.41. The lowest BCUT2D eigenvalue weighted by Crippen LogP contribution is -2.29. The van der Waals surface area contributed by atoms with Crippen LogP contribution in [0.2, 0.25) is 0 Å². The summed E-state index contributed by atoms with van der Waals surface area (Å²) in [5.74, 6) is 0.171. The van der Waals surface area contributed by atoms with Crippen molar-refractivity contribution in [2.45, 2.75) is 55.9 Å².